The molecule has 1 aliphatic carbocycles. The third-order valence-corrected chi connectivity index (χ3v) is 3.43. The Morgan fingerprint density at radius 2 is 2.13 bits per heavy atom. The first-order valence-corrected chi connectivity index (χ1v) is 6.14. The van der Waals surface area contributed by atoms with Crippen molar-refractivity contribution in [3.8, 4) is 0 Å². The molecule has 0 spiro atoms. The van der Waals surface area contributed by atoms with Crippen molar-refractivity contribution in [2.45, 2.75) is 32.6 Å². The molecule has 15 heavy (non-hydrogen) atoms. The summed E-state index contributed by atoms with van der Waals surface area (Å²) in [5.74, 6) is 0. The molecule has 0 saturated heterocycles. The van der Waals surface area contributed by atoms with Crippen LogP contribution >= 0.6 is 12.2 Å². The van der Waals surface area contributed by atoms with Crippen LogP contribution in [0, 0.1) is 5.41 Å². The summed E-state index contributed by atoms with van der Waals surface area (Å²) in [4.78, 5) is 0. The largest absolute Gasteiger partial charge is 0.385 e. The van der Waals surface area contributed by atoms with Gasteiger partial charge in [-0.3, -0.25) is 0 Å². The Morgan fingerprint density at radius 3 is 2.67 bits per heavy atom. The average molecular weight is 230 g/mol. The van der Waals surface area contributed by atoms with Gasteiger partial charge in [0.05, 0.1) is 0 Å². The van der Waals surface area contributed by atoms with Gasteiger partial charge in [0.25, 0.3) is 0 Å². The molecule has 0 aromatic heterocycles. The molecular weight excluding hydrogens is 208 g/mol. The molecule has 1 saturated carbocycles. The third-order valence-electron chi connectivity index (χ3n) is 3.14. The summed E-state index contributed by atoms with van der Waals surface area (Å²) in [7, 11) is 1.72. The second-order valence-corrected chi connectivity index (χ2v) is 4.72. The second kappa shape index (κ2) is 6.28. The normalized spacial score (nSPS) is 17.2. The van der Waals surface area contributed by atoms with Crippen LogP contribution < -0.4 is 10.6 Å². The van der Waals surface area contributed by atoms with E-state index in [0.717, 1.165) is 31.2 Å². The fourth-order valence-corrected chi connectivity index (χ4v) is 1.76. The first-order chi connectivity index (χ1) is 7.22. The third kappa shape index (κ3) is 4.80. The maximum atomic E-state index is 5.18. The van der Waals surface area contributed by atoms with Crippen LogP contribution in [0.3, 0.4) is 0 Å². The Kier molecular flexibility index (Phi) is 5.32. The molecule has 0 radical (unpaired) electrons. The molecule has 0 atom stereocenters. The molecule has 88 valence electrons. The molecular formula is C11H22N2OS. The van der Waals surface area contributed by atoms with Gasteiger partial charge in [0, 0.05) is 26.8 Å². The summed E-state index contributed by atoms with van der Waals surface area (Å²) in [5, 5.41) is 7.26. The molecule has 0 heterocycles. The molecule has 0 aromatic rings. The highest BCUT2D eigenvalue weighted by Crippen LogP contribution is 2.47. The summed E-state index contributed by atoms with van der Waals surface area (Å²) < 4.78 is 4.96. The van der Waals surface area contributed by atoms with Crippen molar-refractivity contribution in [1.82, 2.24) is 10.6 Å². The lowest BCUT2D eigenvalue weighted by Gasteiger charge is -2.15. The molecule has 1 rings (SSSR count). The van der Waals surface area contributed by atoms with Crippen molar-refractivity contribution in [2.75, 3.05) is 26.8 Å². The van der Waals surface area contributed by atoms with E-state index in [1.807, 2.05) is 0 Å². The molecule has 0 bridgehead atoms. The number of thiocarbonyl (C=S) groups is 1. The lowest BCUT2D eigenvalue weighted by molar-refractivity contribution is 0.195. The van der Waals surface area contributed by atoms with Gasteiger partial charge in [0.2, 0.25) is 0 Å². The van der Waals surface area contributed by atoms with Gasteiger partial charge in [-0.05, 0) is 43.3 Å². The van der Waals surface area contributed by atoms with E-state index in [2.05, 4.69) is 17.6 Å². The van der Waals surface area contributed by atoms with E-state index in [9.17, 15) is 0 Å². The minimum Gasteiger partial charge on any atom is -0.385 e. The molecule has 1 fully saturated rings. The van der Waals surface area contributed by atoms with Crippen LogP contribution in [0.1, 0.15) is 32.6 Å². The Balaban J connectivity index is 1.99. The monoisotopic (exact) mass is 230 g/mol. The van der Waals surface area contributed by atoms with Gasteiger partial charge in [-0.15, -0.1) is 0 Å². The summed E-state index contributed by atoms with van der Waals surface area (Å²) >= 11 is 5.18. The maximum Gasteiger partial charge on any atom is 0.166 e. The van der Waals surface area contributed by atoms with Gasteiger partial charge in [-0.1, -0.05) is 6.92 Å². The lowest BCUT2D eigenvalue weighted by Crippen LogP contribution is -2.39. The van der Waals surface area contributed by atoms with Gasteiger partial charge in [-0.25, -0.2) is 0 Å². The van der Waals surface area contributed by atoms with Crippen molar-refractivity contribution < 1.29 is 4.74 Å². The average Bonchev–Trinajstić information content (AvgIpc) is 3.02. The summed E-state index contributed by atoms with van der Waals surface area (Å²) in [5.41, 5.74) is 0.554. The Morgan fingerprint density at radius 1 is 1.40 bits per heavy atom. The van der Waals surface area contributed by atoms with Crippen LogP contribution in [0.5, 0.6) is 0 Å². The van der Waals surface area contributed by atoms with Crippen LogP contribution in [0.15, 0.2) is 0 Å². The van der Waals surface area contributed by atoms with Crippen LogP contribution in [0.4, 0.5) is 0 Å². The summed E-state index contributed by atoms with van der Waals surface area (Å²) in [6.07, 6.45) is 4.95. The van der Waals surface area contributed by atoms with Gasteiger partial charge in [0.15, 0.2) is 5.11 Å². The predicted molar refractivity (Wildman–Crippen MR) is 67.1 cm³/mol. The van der Waals surface area contributed by atoms with Gasteiger partial charge < -0.3 is 15.4 Å². The summed E-state index contributed by atoms with van der Waals surface area (Å²) in [6, 6.07) is 0. The number of rotatable bonds is 7. The molecule has 4 heteroatoms. The molecule has 0 aromatic carbocycles. The van der Waals surface area contributed by atoms with Crippen LogP contribution in [0.25, 0.3) is 0 Å². The van der Waals surface area contributed by atoms with Crippen LogP contribution in [-0.2, 0) is 4.74 Å². The molecule has 1 aliphatic rings. The van der Waals surface area contributed by atoms with Crippen molar-refractivity contribution in [3.63, 3.8) is 0 Å². The lowest BCUT2D eigenvalue weighted by atomic mass is 10.0. The second-order valence-electron chi connectivity index (χ2n) is 4.31. The number of nitrogens with one attached hydrogen (secondary N) is 2. The zero-order chi connectivity index (χ0) is 11.1. The molecule has 2 N–H and O–H groups in total. The predicted octanol–water partition coefficient (Wildman–Crippen LogP) is 1.68. The Hall–Kier alpha value is -0.350. The van der Waals surface area contributed by atoms with E-state index >= 15 is 0 Å². The molecule has 0 unspecified atom stereocenters. The van der Waals surface area contributed by atoms with E-state index in [4.69, 9.17) is 17.0 Å². The molecule has 0 amide bonds. The van der Waals surface area contributed by atoms with Crippen LogP contribution in [-0.4, -0.2) is 31.9 Å². The zero-order valence-corrected chi connectivity index (χ0v) is 10.6. The molecule has 3 nitrogen and oxygen atoms in total. The van der Waals surface area contributed by atoms with E-state index in [0.29, 0.717) is 5.41 Å². The van der Waals surface area contributed by atoms with E-state index in [1.165, 1.54) is 19.3 Å². The number of ether oxygens (including phenoxy) is 1. The number of hydrogen-bond donors (Lipinski definition) is 2. The molecule has 0 aliphatic heterocycles. The highest BCUT2D eigenvalue weighted by molar-refractivity contribution is 7.80. The van der Waals surface area contributed by atoms with Crippen LogP contribution in [0.2, 0.25) is 0 Å². The fraction of sp³-hybridized carbons (Fsp3) is 0.909. The van der Waals surface area contributed by atoms with Gasteiger partial charge in [0.1, 0.15) is 0 Å². The Bertz CT molecular complexity index is 205. The first-order valence-electron chi connectivity index (χ1n) is 5.73. The van der Waals surface area contributed by atoms with E-state index in [1.54, 1.807) is 7.11 Å². The highest BCUT2D eigenvalue weighted by Gasteiger charge is 2.40. The number of hydrogen-bond acceptors (Lipinski definition) is 2. The van der Waals surface area contributed by atoms with E-state index < -0.39 is 0 Å². The van der Waals surface area contributed by atoms with Crippen molar-refractivity contribution in [3.05, 3.63) is 0 Å². The smallest absolute Gasteiger partial charge is 0.166 e. The fourth-order valence-electron chi connectivity index (χ4n) is 1.58. The van der Waals surface area contributed by atoms with Crippen molar-refractivity contribution >= 4 is 17.3 Å². The van der Waals surface area contributed by atoms with Gasteiger partial charge in [-0.2, -0.15) is 0 Å². The topological polar surface area (TPSA) is 33.3 Å². The SMILES string of the molecule is CCC1(CNC(=S)NCCCOC)CC1. The van der Waals surface area contributed by atoms with Crippen molar-refractivity contribution in [1.29, 1.82) is 0 Å². The standard InChI is InChI=1S/C11H22N2OS/c1-3-11(5-6-11)9-13-10(15)12-7-4-8-14-2/h3-9H2,1-2H3,(H2,12,13,15). The Labute approximate surface area is 98.0 Å². The first kappa shape index (κ1) is 12.7. The minimum atomic E-state index is 0.554. The quantitative estimate of drug-likeness (QED) is 0.515. The minimum absolute atomic E-state index is 0.554. The van der Waals surface area contributed by atoms with E-state index in [-0.39, 0.29) is 0 Å². The number of methoxy groups -OCH3 is 1. The maximum absolute atomic E-state index is 5.18. The zero-order valence-electron chi connectivity index (χ0n) is 9.77. The summed E-state index contributed by atoms with van der Waals surface area (Å²) in [6.45, 7) is 4.96. The van der Waals surface area contributed by atoms with Crippen molar-refractivity contribution in [2.24, 2.45) is 5.41 Å². The van der Waals surface area contributed by atoms with Gasteiger partial charge >= 0.3 is 0 Å². The highest BCUT2D eigenvalue weighted by atomic mass is 32.1.